The van der Waals surface area contributed by atoms with E-state index in [9.17, 15) is 9.59 Å². The Morgan fingerprint density at radius 3 is 2.38 bits per heavy atom. The number of nitrogens with zero attached hydrogens (tertiary/aromatic N) is 2. The molecule has 1 rings (SSSR count). The van der Waals surface area contributed by atoms with Crippen molar-refractivity contribution >= 4 is 18.0 Å². The van der Waals surface area contributed by atoms with Crippen molar-refractivity contribution in [2.24, 2.45) is 0 Å². The van der Waals surface area contributed by atoms with Crippen LogP contribution >= 0.6 is 0 Å². The van der Waals surface area contributed by atoms with Gasteiger partial charge in [0.25, 0.3) is 5.91 Å². The number of amides is 1. The minimum atomic E-state index is -1.01. The number of carboxylic acid groups (broad SMARTS) is 1. The lowest BCUT2D eigenvalue weighted by atomic mass is 10.1. The first-order valence-electron chi connectivity index (χ1n) is 6.72. The normalized spacial score (nSPS) is 11.1. The number of carbonyl (C=O) groups is 2. The maximum Gasteiger partial charge on any atom is 0.328 e. The van der Waals surface area contributed by atoms with Crippen LogP contribution in [0.3, 0.4) is 0 Å². The lowest BCUT2D eigenvalue weighted by molar-refractivity contribution is -0.131. The molecule has 0 spiro atoms. The maximum absolute atomic E-state index is 12.4. The number of carboxylic acids is 1. The molecule has 0 aromatic heterocycles. The number of hydrogen-bond acceptors (Lipinski definition) is 3. The maximum atomic E-state index is 12.4. The second-order valence-electron chi connectivity index (χ2n) is 5.33. The lowest BCUT2D eigenvalue weighted by Gasteiger charge is -2.20. The molecule has 5 heteroatoms. The van der Waals surface area contributed by atoms with Gasteiger partial charge in [0, 0.05) is 31.8 Å². The molecule has 5 nitrogen and oxygen atoms in total. The van der Waals surface area contributed by atoms with Crippen LogP contribution in [-0.2, 0) is 4.79 Å². The summed E-state index contributed by atoms with van der Waals surface area (Å²) in [5.74, 6) is -1.07. The SMILES string of the molecule is Cc1cc(/C=C/C(=O)O)cc(C(=O)N(C)CCN(C)C)c1. The quantitative estimate of drug-likeness (QED) is 0.811. The van der Waals surface area contributed by atoms with Crippen LogP contribution in [0.15, 0.2) is 24.3 Å². The fourth-order valence-electron chi connectivity index (χ4n) is 1.87. The van der Waals surface area contributed by atoms with Crippen molar-refractivity contribution in [3.8, 4) is 0 Å². The second kappa shape index (κ2) is 7.59. The number of aryl methyl sites for hydroxylation is 1. The van der Waals surface area contributed by atoms with Crippen LogP contribution in [0.5, 0.6) is 0 Å². The van der Waals surface area contributed by atoms with Gasteiger partial charge in [-0.3, -0.25) is 4.79 Å². The van der Waals surface area contributed by atoms with E-state index in [1.54, 1.807) is 18.0 Å². The predicted molar refractivity (Wildman–Crippen MR) is 83.4 cm³/mol. The van der Waals surface area contributed by atoms with Crippen LogP contribution in [0, 0.1) is 6.92 Å². The van der Waals surface area contributed by atoms with Crippen molar-refractivity contribution in [2.45, 2.75) is 6.92 Å². The van der Waals surface area contributed by atoms with Crippen molar-refractivity contribution in [2.75, 3.05) is 34.2 Å². The van der Waals surface area contributed by atoms with E-state index >= 15 is 0 Å². The molecule has 0 saturated carbocycles. The van der Waals surface area contributed by atoms with Crippen molar-refractivity contribution in [3.05, 3.63) is 41.0 Å². The topological polar surface area (TPSA) is 60.9 Å². The molecule has 0 aliphatic rings. The molecule has 0 aliphatic heterocycles. The van der Waals surface area contributed by atoms with Crippen molar-refractivity contribution in [3.63, 3.8) is 0 Å². The Bertz CT molecular complexity index is 550. The third-order valence-corrected chi connectivity index (χ3v) is 2.99. The molecule has 0 aliphatic carbocycles. The Kier molecular flexibility index (Phi) is 6.11. The van der Waals surface area contributed by atoms with Crippen LogP contribution in [0.4, 0.5) is 0 Å². The molecular formula is C16H22N2O3. The molecule has 0 fully saturated rings. The van der Waals surface area contributed by atoms with Gasteiger partial charge in [-0.1, -0.05) is 6.07 Å². The van der Waals surface area contributed by atoms with Gasteiger partial charge in [0.05, 0.1) is 0 Å². The number of benzene rings is 1. The van der Waals surface area contributed by atoms with E-state index in [2.05, 4.69) is 0 Å². The number of rotatable bonds is 6. The van der Waals surface area contributed by atoms with Gasteiger partial charge >= 0.3 is 5.97 Å². The Labute approximate surface area is 125 Å². The minimum absolute atomic E-state index is 0.0643. The molecule has 0 saturated heterocycles. The summed E-state index contributed by atoms with van der Waals surface area (Å²) >= 11 is 0. The summed E-state index contributed by atoms with van der Waals surface area (Å²) in [4.78, 5) is 26.6. The highest BCUT2D eigenvalue weighted by Crippen LogP contribution is 2.13. The molecule has 114 valence electrons. The van der Waals surface area contributed by atoms with Gasteiger partial charge in [-0.15, -0.1) is 0 Å². The van der Waals surface area contributed by atoms with Gasteiger partial charge in [0.1, 0.15) is 0 Å². The fourth-order valence-corrected chi connectivity index (χ4v) is 1.87. The van der Waals surface area contributed by atoms with E-state index < -0.39 is 5.97 Å². The first-order chi connectivity index (χ1) is 9.79. The Hall–Kier alpha value is -2.14. The van der Waals surface area contributed by atoms with E-state index in [4.69, 9.17) is 5.11 Å². The smallest absolute Gasteiger partial charge is 0.328 e. The molecule has 0 heterocycles. The standard InChI is InChI=1S/C16H22N2O3/c1-12-9-13(5-6-15(19)20)11-14(10-12)16(21)18(4)8-7-17(2)3/h5-6,9-11H,7-8H2,1-4H3,(H,19,20)/b6-5+. The third-order valence-electron chi connectivity index (χ3n) is 2.99. The highest BCUT2D eigenvalue weighted by Gasteiger charge is 2.12. The molecule has 0 unspecified atom stereocenters. The number of hydrogen-bond donors (Lipinski definition) is 1. The zero-order chi connectivity index (χ0) is 16.0. The summed E-state index contributed by atoms with van der Waals surface area (Å²) in [6, 6.07) is 5.36. The summed E-state index contributed by atoms with van der Waals surface area (Å²) in [5, 5.41) is 8.67. The van der Waals surface area contributed by atoms with E-state index in [1.165, 1.54) is 6.08 Å². The number of carbonyl (C=O) groups excluding carboxylic acids is 1. The largest absolute Gasteiger partial charge is 0.478 e. The highest BCUT2D eigenvalue weighted by atomic mass is 16.4. The molecular weight excluding hydrogens is 268 g/mol. The van der Waals surface area contributed by atoms with E-state index in [1.807, 2.05) is 38.1 Å². The van der Waals surface area contributed by atoms with Crippen LogP contribution in [-0.4, -0.2) is 61.0 Å². The van der Waals surface area contributed by atoms with Gasteiger partial charge in [0.2, 0.25) is 0 Å². The average Bonchev–Trinajstić information content (AvgIpc) is 2.41. The van der Waals surface area contributed by atoms with E-state index in [-0.39, 0.29) is 5.91 Å². The van der Waals surface area contributed by atoms with Crippen LogP contribution in [0.25, 0.3) is 6.08 Å². The van der Waals surface area contributed by atoms with E-state index in [0.29, 0.717) is 17.7 Å². The van der Waals surface area contributed by atoms with Crippen molar-refractivity contribution in [1.82, 2.24) is 9.80 Å². The molecule has 0 bridgehead atoms. The molecule has 21 heavy (non-hydrogen) atoms. The summed E-state index contributed by atoms with van der Waals surface area (Å²) in [6.45, 7) is 3.31. The van der Waals surface area contributed by atoms with Gasteiger partial charge in [-0.25, -0.2) is 4.79 Å². The third kappa shape index (κ3) is 5.79. The first-order valence-corrected chi connectivity index (χ1v) is 6.72. The predicted octanol–water partition coefficient (Wildman–Crippen LogP) is 1.73. The summed E-state index contributed by atoms with van der Waals surface area (Å²) in [5.41, 5.74) is 2.20. The lowest BCUT2D eigenvalue weighted by Crippen LogP contribution is -2.33. The fraction of sp³-hybridized carbons (Fsp3) is 0.375. The van der Waals surface area contributed by atoms with Crippen molar-refractivity contribution in [1.29, 1.82) is 0 Å². The molecule has 0 radical (unpaired) electrons. The Balaban J connectivity index is 2.91. The summed E-state index contributed by atoms with van der Waals surface area (Å²) < 4.78 is 0. The van der Waals surface area contributed by atoms with E-state index in [0.717, 1.165) is 18.2 Å². The molecule has 1 aromatic carbocycles. The van der Waals surface area contributed by atoms with Gasteiger partial charge in [0.15, 0.2) is 0 Å². The first kappa shape index (κ1) is 16.9. The van der Waals surface area contributed by atoms with Crippen LogP contribution < -0.4 is 0 Å². The van der Waals surface area contributed by atoms with Crippen LogP contribution in [0.2, 0.25) is 0 Å². The monoisotopic (exact) mass is 290 g/mol. The minimum Gasteiger partial charge on any atom is -0.478 e. The summed E-state index contributed by atoms with van der Waals surface area (Å²) in [6.07, 6.45) is 2.56. The zero-order valence-corrected chi connectivity index (χ0v) is 13.0. The highest BCUT2D eigenvalue weighted by molar-refractivity contribution is 5.95. The average molecular weight is 290 g/mol. The molecule has 1 amide bonds. The molecule has 1 aromatic rings. The number of likely N-dealkylation sites (N-methyl/N-ethyl adjacent to an activating group) is 2. The molecule has 1 N–H and O–H groups in total. The van der Waals surface area contributed by atoms with Gasteiger partial charge in [-0.05, 0) is 50.4 Å². The van der Waals surface area contributed by atoms with Crippen molar-refractivity contribution < 1.29 is 14.7 Å². The van der Waals surface area contributed by atoms with Gasteiger partial charge < -0.3 is 14.9 Å². The van der Waals surface area contributed by atoms with Crippen LogP contribution in [0.1, 0.15) is 21.5 Å². The molecule has 0 atom stereocenters. The zero-order valence-electron chi connectivity index (χ0n) is 13.0. The Morgan fingerprint density at radius 1 is 1.14 bits per heavy atom. The summed E-state index contributed by atoms with van der Waals surface area (Å²) in [7, 11) is 5.68. The Morgan fingerprint density at radius 2 is 1.81 bits per heavy atom. The second-order valence-corrected chi connectivity index (χ2v) is 5.33. The number of aliphatic carboxylic acids is 1. The van der Waals surface area contributed by atoms with Gasteiger partial charge in [-0.2, -0.15) is 0 Å².